The molecule has 0 unspecified atom stereocenters. The van der Waals surface area contributed by atoms with Gasteiger partial charge in [-0.15, -0.1) is 0 Å². The Kier molecular flexibility index (Phi) is 6.59. The molecule has 0 radical (unpaired) electrons. The van der Waals surface area contributed by atoms with E-state index in [1.54, 1.807) is 13.0 Å². The van der Waals surface area contributed by atoms with Gasteiger partial charge in [0.05, 0.1) is 10.8 Å². The van der Waals surface area contributed by atoms with Crippen LogP contribution in [0.25, 0.3) is 0 Å². The third-order valence-electron chi connectivity index (χ3n) is 2.22. The van der Waals surface area contributed by atoms with Crippen molar-refractivity contribution in [2.75, 3.05) is 18.8 Å². The van der Waals surface area contributed by atoms with E-state index in [9.17, 15) is 8.42 Å². The van der Waals surface area contributed by atoms with Crippen LogP contribution in [0.2, 0.25) is 5.02 Å². The van der Waals surface area contributed by atoms with Crippen LogP contribution < -0.4 is 10.0 Å². The third kappa shape index (κ3) is 5.67. The highest BCUT2D eigenvalue weighted by Gasteiger charge is 2.07. The van der Waals surface area contributed by atoms with Gasteiger partial charge in [-0.25, -0.2) is 13.1 Å². The van der Waals surface area contributed by atoms with E-state index in [0.29, 0.717) is 24.7 Å². The number of sulfonamides is 1. The number of hydrogen-bond acceptors (Lipinski definition) is 3. The maximum atomic E-state index is 11.4. The fourth-order valence-electron chi connectivity index (χ4n) is 1.38. The van der Waals surface area contributed by atoms with Gasteiger partial charge in [-0.1, -0.05) is 24.6 Å². The second-order valence-corrected chi connectivity index (χ2v) is 6.93. The predicted octanol–water partition coefficient (Wildman–Crippen LogP) is 2.13. The van der Waals surface area contributed by atoms with Crippen LogP contribution in [0, 0.1) is 0 Å². The number of hydrogen-bond donors (Lipinski definition) is 2. The normalized spacial score (nSPS) is 11.7. The molecule has 1 aromatic rings. The van der Waals surface area contributed by atoms with Gasteiger partial charge in [-0.05, 0) is 33.6 Å². The van der Waals surface area contributed by atoms with Crippen LogP contribution in [0.5, 0.6) is 0 Å². The number of halogens is 2. The first-order valence-corrected chi connectivity index (χ1v) is 8.39. The molecule has 0 aliphatic carbocycles. The summed E-state index contributed by atoms with van der Waals surface area (Å²) >= 11 is 9.22. The smallest absolute Gasteiger partial charge is 0.212 e. The molecule has 0 bridgehead atoms. The zero-order valence-electron chi connectivity index (χ0n) is 10.0. The van der Waals surface area contributed by atoms with Crippen molar-refractivity contribution < 1.29 is 8.42 Å². The van der Waals surface area contributed by atoms with Crippen molar-refractivity contribution in [1.29, 1.82) is 0 Å². The molecule has 0 spiro atoms. The quantitative estimate of drug-likeness (QED) is 0.737. The SMILES string of the molecule is CCNS(=O)(=O)CCNCc1ccc(Cl)c(Br)c1. The summed E-state index contributed by atoms with van der Waals surface area (Å²) in [6.45, 7) is 3.20. The molecule has 18 heavy (non-hydrogen) atoms. The Hall–Kier alpha value is -0.140. The van der Waals surface area contributed by atoms with Gasteiger partial charge in [0, 0.05) is 24.1 Å². The molecule has 0 heterocycles. The molecule has 0 atom stereocenters. The monoisotopic (exact) mass is 354 g/mol. The van der Waals surface area contributed by atoms with Gasteiger partial charge >= 0.3 is 0 Å². The van der Waals surface area contributed by atoms with Crippen LogP contribution in [0.15, 0.2) is 22.7 Å². The number of nitrogens with one attached hydrogen (secondary N) is 2. The number of benzene rings is 1. The lowest BCUT2D eigenvalue weighted by Crippen LogP contribution is -2.31. The van der Waals surface area contributed by atoms with Crippen molar-refractivity contribution in [1.82, 2.24) is 10.0 Å². The molecule has 1 aromatic carbocycles. The fraction of sp³-hybridized carbons (Fsp3) is 0.455. The molecule has 0 aliphatic rings. The molecule has 0 aromatic heterocycles. The van der Waals surface area contributed by atoms with Gasteiger partial charge in [0.15, 0.2) is 0 Å². The van der Waals surface area contributed by atoms with Crippen LogP contribution in [0.4, 0.5) is 0 Å². The zero-order chi connectivity index (χ0) is 13.6. The minimum atomic E-state index is -3.14. The molecule has 0 aliphatic heterocycles. The maximum absolute atomic E-state index is 11.4. The summed E-state index contributed by atoms with van der Waals surface area (Å²) in [5, 5.41) is 3.74. The fourth-order valence-corrected chi connectivity index (χ4v) is 2.92. The minimum Gasteiger partial charge on any atom is -0.312 e. The third-order valence-corrected chi connectivity index (χ3v) is 4.91. The lowest BCUT2D eigenvalue weighted by molar-refractivity contribution is 0.578. The average Bonchev–Trinajstić information content (AvgIpc) is 2.29. The Morgan fingerprint density at radius 3 is 2.72 bits per heavy atom. The Labute approximate surface area is 121 Å². The van der Waals surface area contributed by atoms with E-state index in [0.717, 1.165) is 10.0 Å². The first-order valence-electron chi connectivity index (χ1n) is 5.56. The molecule has 1 rings (SSSR count). The molecule has 0 amide bonds. The summed E-state index contributed by atoms with van der Waals surface area (Å²) in [5.41, 5.74) is 1.05. The highest BCUT2D eigenvalue weighted by molar-refractivity contribution is 9.10. The molecule has 102 valence electrons. The second kappa shape index (κ2) is 7.45. The topological polar surface area (TPSA) is 58.2 Å². The van der Waals surface area contributed by atoms with Crippen molar-refractivity contribution in [2.24, 2.45) is 0 Å². The van der Waals surface area contributed by atoms with Gasteiger partial charge in [0.2, 0.25) is 10.0 Å². The van der Waals surface area contributed by atoms with Gasteiger partial charge in [0.25, 0.3) is 0 Å². The van der Waals surface area contributed by atoms with Crippen LogP contribution in [-0.2, 0) is 16.6 Å². The standard InChI is InChI=1S/C11H16BrClN2O2S/c1-2-15-18(16,17)6-5-14-8-9-3-4-11(13)10(12)7-9/h3-4,7,14-15H,2,5-6,8H2,1H3. The molecule has 0 saturated heterocycles. The predicted molar refractivity (Wildman–Crippen MR) is 78.3 cm³/mol. The number of rotatable bonds is 7. The summed E-state index contributed by atoms with van der Waals surface area (Å²) in [6.07, 6.45) is 0. The summed E-state index contributed by atoms with van der Waals surface area (Å²) < 4.78 is 26.0. The molecular formula is C11H16BrClN2O2S. The lowest BCUT2D eigenvalue weighted by Gasteiger charge is -2.07. The Bertz CT molecular complexity index is 494. The van der Waals surface area contributed by atoms with Crippen molar-refractivity contribution in [3.05, 3.63) is 33.3 Å². The molecule has 2 N–H and O–H groups in total. The van der Waals surface area contributed by atoms with E-state index >= 15 is 0 Å². The van der Waals surface area contributed by atoms with E-state index in [4.69, 9.17) is 11.6 Å². The first-order chi connectivity index (χ1) is 8.44. The van der Waals surface area contributed by atoms with E-state index in [-0.39, 0.29) is 5.75 Å². The van der Waals surface area contributed by atoms with E-state index in [2.05, 4.69) is 26.0 Å². The molecule has 0 fully saturated rings. The van der Waals surface area contributed by atoms with Crippen molar-refractivity contribution in [2.45, 2.75) is 13.5 Å². The van der Waals surface area contributed by atoms with Crippen molar-refractivity contribution >= 4 is 37.6 Å². The maximum Gasteiger partial charge on any atom is 0.212 e. The van der Waals surface area contributed by atoms with Crippen LogP contribution >= 0.6 is 27.5 Å². The van der Waals surface area contributed by atoms with Crippen molar-refractivity contribution in [3.63, 3.8) is 0 Å². The first kappa shape index (κ1) is 15.9. The molecule has 7 heteroatoms. The van der Waals surface area contributed by atoms with E-state index < -0.39 is 10.0 Å². The van der Waals surface area contributed by atoms with Gasteiger partial charge in [-0.2, -0.15) is 0 Å². The molecular weight excluding hydrogens is 340 g/mol. The molecule has 4 nitrogen and oxygen atoms in total. The Morgan fingerprint density at radius 2 is 2.11 bits per heavy atom. The van der Waals surface area contributed by atoms with Gasteiger partial charge in [0.1, 0.15) is 0 Å². The van der Waals surface area contributed by atoms with E-state index in [1.807, 2.05) is 12.1 Å². The average molecular weight is 356 g/mol. The summed E-state index contributed by atoms with van der Waals surface area (Å²) in [6, 6.07) is 5.62. The summed E-state index contributed by atoms with van der Waals surface area (Å²) in [4.78, 5) is 0. The summed E-state index contributed by atoms with van der Waals surface area (Å²) in [7, 11) is -3.14. The summed E-state index contributed by atoms with van der Waals surface area (Å²) in [5.74, 6) is 0.0790. The largest absolute Gasteiger partial charge is 0.312 e. The Balaban J connectivity index is 2.36. The highest BCUT2D eigenvalue weighted by Crippen LogP contribution is 2.22. The minimum absolute atomic E-state index is 0.0790. The second-order valence-electron chi connectivity index (χ2n) is 3.74. The van der Waals surface area contributed by atoms with Crippen LogP contribution in [0.3, 0.4) is 0 Å². The van der Waals surface area contributed by atoms with E-state index in [1.165, 1.54) is 0 Å². The van der Waals surface area contributed by atoms with Gasteiger partial charge < -0.3 is 5.32 Å². The van der Waals surface area contributed by atoms with Gasteiger partial charge in [-0.3, -0.25) is 0 Å². The van der Waals surface area contributed by atoms with Crippen LogP contribution in [-0.4, -0.2) is 27.3 Å². The Morgan fingerprint density at radius 1 is 1.39 bits per heavy atom. The highest BCUT2D eigenvalue weighted by atomic mass is 79.9. The zero-order valence-corrected chi connectivity index (χ0v) is 13.2. The van der Waals surface area contributed by atoms with Crippen LogP contribution in [0.1, 0.15) is 12.5 Å². The molecule has 0 saturated carbocycles. The van der Waals surface area contributed by atoms with Crippen molar-refractivity contribution in [3.8, 4) is 0 Å². The lowest BCUT2D eigenvalue weighted by atomic mass is 10.2.